The fourth-order valence-corrected chi connectivity index (χ4v) is 3.09. The highest BCUT2D eigenvalue weighted by Crippen LogP contribution is 2.23. The average molecular weight is 263 g/mol. The highest BCUT2D eigenvalue weighted by atomic mass is 32.2. The van der Waals surface area contributed by atoms with Gasteiger partial charge in [-0.1, -0.05) is 6.92 Å². The minimum atomic E-state index is -2.81. The van der Waals surface area contributed by atoms with Crippen LogP contribution in [0.5, 0.6) is 0 Å². The third kappa shape index (κ3) is 6.38. The van der Waals surface area contributed by atoms with Gasteiger partial charge in [-0.15, -0.1) is 0 Å². The Kier molecular flexibility index (Phi) is 6.44. The molecule has 0 unspecified atom stereocenters. The molecule has 1 fully saturated rings. The standard InChI is InChI=1S/C12H25NO3S/c1-2-17(15,16)9-3-8-13-10-11-4-6-12(14)7-5-11/h11-14H,2-10H2,1H3. The van der Waals surface area contributed by atoms with E-state index in [0.717, 1.165) is 38.8 Å². The van der Waals surface area contributed by atoms with Crippen molar-refractivity contribution >= 4 is 9.84 Å². The Bertz CT molecular complexity index is 295. The van der Waals surface area contributed by atoms with Gasteiger partial charge in [-0.3, -0.25) is 0 Å². The highest BCUT2D eigenvalue weighted by Gasteiger charge is 2.18. The minimum absolute atomic E-state index is 0.0963. The second-order valence-electron chi connectivity index (χ2n) is 4.97. The third-order valence-electron chi connectivity index (χ3n) is 3.50. The lowest BCUT2D eigenvalue weighted by Crippen LogP contribution is -2.29. The fourth-order valence-electron chi connectivity index (χ4n) is 2.22. The van der Waals surface area contributed by atoms with E-state index in [4.69, 9.17) is 0 Å². The first kappa shape index (κ1) is 14.9. The quantitative estimate of drug-likeness (QED) is 0.671. The van der Waals surface area contributed by atoms with Crippen LogP contribution in [0.25, 0.3) is 0 Å². The normalized spacial score (nSPS) is 26.0. The van der Waals surface area contributed by atoms with Gasteiger partial charge >= 0.3 is 0 Å². The van der Waals surface area contributed by atoms with E-state index in [-0.39, 0.29) is 11.9 Å². The smallest absolute Gasteiger partial charge is 0.150 e. The van der Waals surface area contributed by atoms with Crippen LogP contribution in [0.1, 0.15) is 39.0 Å². The molecule has 5 heteroatoms. The van der Waals surface area contributed by atoms with E-state index in [1.807, 2.05) is 0 Å². The Balaban J connectivity index is 2.01. The molecule has 1 aliphatic carbocycles. The number of nitrogens with one attached hydrogen (secondary N) is 1. The zero-order valence-electron chi connectivity index (χ0n) is 10.7. The molecule has 0 aromatic carbocycles. The molecule has 0 heterocycles. The molecule has 4 nitrogen and oxygen atoms in total. The van der Waals surface area contributed by atoms with Crippen LogP contribution in [-0.4, -0.2) is 44.2 Å². The van der Waals surface area contributed by atoms with Gasteiger partial charge in [0.1, 0.15) is 9.84 Å². The molecule has 0 amide bonds. The molecule has 1 aliphatic rings. The van der Waals surface area contributed by atoms with E-state index in [1.165, 1.54) is 0 Å². The zero-order valence-corrected chi connectivity index (χ0v) is 11.5. The van der Waals surface area contributed by atoms with Gasteiger partial charge in [0.25, 0.3) is 0 Å². The Morgan fingerprint density at radius 3 is 2.47 bits per heavy atom. The number of rotatable bonds is 7. The Labute approximate surface area is 105 Å². The van der Waals surface area contributed by atoms with Crippen LogP contribution in [0.2, 0.25) is 0 Å². The van der Waals surface area contributed by atoms with Gasteiger partial charge in [0.2, 0.25) is 0 Å². The van der Waals surface area contributed by atoms with Crippen molar-refractivity contribution in [3.63, 3.8) is 0 Å². The molecule has 0 aromatic heterocycles. The van der Waals surface area contributed by atoms with Crippen LogP contribution in [0.15, 0.2) is 0 Å². The number of aliphatic hydroxyl groups excluding tert-OH is 1. The van der Waals surface area contributed by atoms with Crippen LogP contribution in [0.4, 0.5) is 0 Å². The molecule has 0 atom stereocenters. The van der Waals surface area contributed by atoms with Crippen LogP contribution >= 0.6 is 0 Å². The van der Waals surface area contributed by atoms with E-state index in [2.05, 4.69) is 5.32 Å². The fraction of sp³-hybridized carbons (Fsp3) is 1.00. The molecular weight excluding hydrogens is 238 g/mol. The van der Waals surface area contributed by atoms with Gasteiger partial charge in [-0.25, -0.2) is 8.42 Å². The molecule has 0 aromatic rings. The van der Waals surface area contributed by atoms with Crippen molar-refractivity contribution in [1.82, 2.24) is 5.32 Å². The molecule has 0 spiro atoms. The molecular formula is C12H25NO3S. The van der Waals surface area contributed by atoms with Crippen molar-refractivity contribution < 1.29 is 13.5 Å². The molecule has 0 saturated heterocycles. The Morgan fingerprint density at radius 2 is 1.88 bits per heavy atom. The molecule has 0 radical (unpaired) electrons. The van der Waals surface area contributed by atoms with Crippen molar-refractivity contribution in [1.29, 1.82) is 0 Å². The zero-order chi connectivity index (χ0) is 12.7. The summed E-state index contributed by atoms with van der Waals surface area (Å²) >= 11 is 0. The summed E-state index contributed by atoms with van der Waals surface area (Å²) in [5.74, 6) is 1.19. The second kappa shape index (κ2) is 7.34. The van der Waals surface area contributed by atoms with Crippen molar-refractivity contribution in [2.75, 3.05) is 24.6 Å². The summed E-state index contributed by atoms with van der Waals surface area (Å²) in [4.78, 5) is 0. The van der Waals surface area contributed by atoms with E-state index in [1.54, 1.807) is 6.92 Å². The second-order valence-corrected chi connectivity index (χ2v) is 7.44. The van der Waals surface area contributed by atoms with E-state index in [0.29, 0.717) is 18.1 Å². The van der Waals surface area contributed by atoms with Crippen LogP contribution in [0, 0.1) is 5.92 Å². The number of sulfone groups is 1. The number of aliphatic hydroxyl groups is 1. The van der Waals surface area contributed by atoms with Crippen molar-refractivity contribution in [3.05, 3.63) is 0 Å². The van der Waals surface area contributed by atoms with Gasteiger partial charge in [-0.05, 0) is 51.1 Å². The molecule has 1 saturated carbocycles. The summed E-state index contributed by atoms with van der Waals surface area (Å²) in [7, 11) is -2.81. The first-order chi connectivity index (χ1) is 8.03. The lowest BCUT2D eigenvalue weighted by atomic mass is 9.87. The molecule has 0 aliphatic heterocycles. The lowest BCUT2D eigenvalue weighted by molar-refractivity contribution is 0.108. The predicted molar refractivity (Wildman–Crippen MR) is 69.8 cm³/mol. The predicted octanol–water partition coefficient (Wildman–Crippen LogP) is 0.952. The maximum Gasteiger partial charge on any atom is 0.150 e. The summed E-state index contributed by atoms with van der Waals surface area (Å²) in [5.41, 5.74) is 0. The highest BCUT2D eigenvalue weighted by molar-refractivity contribution is 7.91. The molecule has 17 heavy (non-hydrogen) atoms. The third-order valence-corrected chi connectivity index (χ3v) is 5.29. The summed E-state index contributed by atoms with van der Waals surface area (Å²) in [6, 6.07) is 0. The van der Waals surface area contributed by atoms with Crippen LogP contribution in [0.3, 0.4) is 0 Å². The van der Waals surface area contributed by atoms with E-state index < -0.39 is 9.84 Å². The lowest BCUT2D eigenvalue weighted by Gasteiger charge is -2.25. The Hall–Kier alpha value is -0.130. The van der Waals surface area contributed by atoms with Gasteiger partial charge in [0.15, 0.2) is 0 Å². The maximum atomic E-state index is 11.2. The van der Waals surface area contributed by atoms with Crippen LogP contribution in [-0.2, 0) is 9.84 Å². The number of hydrogen-bond donors (Lipinski definition) is 2. The van der Waals surface area contributed by atoms with E-state index >= 15 is 0 Å². The Morgan fingerprint density at radius 1 is 1.24 bits per heavy atom. The first-order valence-electron chi connectivity index (χ1n) is 6.62. The topological polar surface area (TPSA) is 66.4 Å². The molecule has 102 valence electrons. The summed E-state index contributed by atoms with van der Waals surface area (Å²) in [6.07, 6.45) is 4.60. The van der Waals surface area contributed by atoms with E-state index in [9.17, 15) is 13.5 Å². The average Bonchev–Trinajstić information content (AvgIpc) is 2.31. The van der Waals surface area contributed by atoms with Gasteiger partial charge < -0.3 is 10.4 Å². The number of hydrogen-bond acceptors (Lipinski definition) is 4. The maximum absolute atomic E-state index is 11.2. The molecule has 1 rings (SSSR count). The SMILES string of the molecule is CCS(=O)(=O)CCCNCC1CCC(O)CC1. The van der Waals surface area contributed by atoms with Gasteiger partial charge in [-0.2, -0.15) is 0 Å². The monoisotopic (exact) mass is 263 g/mol. The largest absolute Gasteiger partial charge is 0.393 e. The first-order valence-corrected chi connectivity index (χ1v) is 8.45. The van der Waals surface area contributed by atoms with Crippen LogP contribution < -0.4 is 5.32 Å². The molecule has 2 N–H and O–H groups in total. The van der Waals surface area contributed by atoms with Crippen molar-refractivity contribution in [3.8, 4) is 0 Å². The van der Waals surface area contributed by atoms with Crippen molar-refractivity contribution in [2.45, 2.75) is 45.1 Å². The van der Waals surface area contributed by atoms with Gasteiger partial charge in [0, 0.05) is 5.75 Å². The summed E-state index contributed by atoms with van der Waals surface area (Å²) in [6.45, 7) is 3.42. The summed E-state index contributed by atoms with van der Waals surface area (Å²) in [5, 5.41) is 12.7. The molecule has 0 bridgehead atoms. The minimum Gasteiger partial charge on any atom is -0.393 e. The summed E-state index contributed by atoms with van der Waals surface area (Å²) < 4.78 is 22.5. The van der Waals surface area contributed by atoms with Crippen molar-refractivity contribution in [2.24, 2.45) is 5.92 Å². The van der Waals surface area contributed by atoms with Gasteiger partial charge in [0.05, 0.1) is 11.9 Å².